The van der Waals surface area contributed by atoms with Crippen LogP contribution in [0.2, 0.25) is 0 Å². The van der Waals surface area contributed by atoms with Gasteiger partial charge in [0.15, 0.2) is 0 Å². The summed E-state index contributed by atoms with van der Waals surface area (Å²) in [6, 6.07) is 7.69. The average Bonchev–Trinajstić information content (AvgIpc) is 2.39. The molecule has 1 aromatic rings. The van der Waals surface area contributed by atoms with E-state index in [-0.39, 0.29) is 0 Å². The lowest BCUT2D eigenvalue weighted by atomic mass is 9.89. The van der Waals surface area contributed by atoms with Gasteiger partial charge in [0.1, 0.15) is 18.1 Å². The number of hydrogen-bond acceptors (Lipinski definition) is 4. The molecule has 2 rings (SSSR count). The van der Waals surface area contributed by atoms with Crippen LogP contribution in [0.1, 0.15) is 26.7 Å². The van der Waals surface area contributed by atoms with E-state index in [1.807, 2.05) is 31.2 Å². The first-order valence-electron chi connectivity index (χ1n) is 7.45. The van der Waals surface area contributed by atoms with E-state index >= 15 is 0 Å². The topological polar surface area (TPSA) is 41.9 Å². The van der Waals surface area contributed by atoms with E-state index in [2.05, 4.69) is 11.8 Å². The van der Waals surface area contributed by atoms with Gasteiger partial charge in [0.2, 0.25) is 0 Å². The predicted molar refractivity (Wildman–Crippen MR) is 79.4 cm³/mol. The molecule has 0 saturated carbocycles. The van der Waals surface area contributed by atoms with E-state index in [4.69, 9.17) is 9.47 Å². The SMILES string of the molecule is CCCC1(O)CN(CCOc2ccc(OCC)cc2)C1. The van der Waals surface area contributed by atoms with E-state index < -0.39 is 5.60 Å². The molecule has 0 amide bonds. The minimum absolute atomic E-state index is 0.451. The monoisotopic (exact) mass is 279 g/mol. The minimum atomic E-state index is -0.451. The molecule has 4 heteroatoms. The number of aliphatic hydroxyl groups is 1. The summed E-state index contributed by atoms with van der Waals surface area (Å²) in [5.41, 5.74) is -0.451. The second kappa shape index (κ2) is 6.95. The van der Waals surface area contributed by atoms with Crippen molar-refractivity contribution in [3.8, 4) is 11.5 Å². The van der Waals surface area contributed by atoms with Crippen LogP contribution in [0.3, 0.4) is 0 Å². The molecule has 0 bridgehead atoms. The zero-order valence-corrected chi connectivity index (χ0v) is 12.5. The quantitative estimate of drug-likeness (QED) is 0.793. The first kappa shape index (κ1) is 15.1. The fourth-order valence-electron chi connectivity index (χ4n) is 2.66. The third-order valence-electron chi connectivity index (χ3n) is 3.56. The smallest absolute Gasteiger partial charge is 0.119 e. The van der Waals surface area contributed by atoms with Crippen molar-refractivity contribution < 1.29 is 14.6 Å². The first-order valence-corrected chi connectivity index (χ1v) is 7.45. The summed E-state index contributed by atoms with van der Waals surface area (Å²) in [6.07, 6.45) is 1.93. The van der Waals surface area contributed by atoms with Crippen LogP contribution >= 0.6 is 0 Å². The van der Waals surface area contributed by atoms with Gasteiger partial charge in [-0.05, 0) is 37.6 Å². The molecule has 112 valence electrons. The molecule has 1 N–H and O–H groups in total. The number of ether oxygens (including phenoxy) is 2. The molecule has 0 aromatic heterocycles. The Labute approximate surface area is 121 Å². The van der Waals surface area contributed by atoms with Crippen molar-refractivity contribution >= 4 is 0 Å². The van der Waals surface area contributed by atoms with Gasteiger partial charge >= 0.3 is 0 Å². The molecule has 0 spiro atoms. The Bertz CT molecular complexity index is 399. The van der Waals surface area contributed by atoms with Crippen molar-refractivity contribution in [3.05, 3.63) is 24.3 Å². The van der Waals surface area contributed by atoms with Crippen LogP contribution in [0.15, 0.2) is 24.3 Å². The van der Waals surface area contributed by atoms with Crippen LogP contribution in [-0.2, 0) is 0 Å². The van der Waals surface area contributed by atoms with Gasteiger partial charge in [-0.2, -0.15) is 0 Å². The lowest BCUT2D eigenvalue weighted by Crippen LogP contribution is -2.62. The van der Waals surface area contributed by atoms with Crippen molar-refractivity contribution in [1.29, 1.82) is 0 Å². The lowest BCUT2D eigenvalue weighted by Gasteiger charge is -2.46. The summed E-state index contributed by atoms with van der Waals surface area (Å²) in [5, 5.41) is 10.1. The number of β-amino-alcohol motifs (C(OH)–C–C–N with tert-alkyl or cyclic N) is 1. The zero-order valence-electron chi connectivity index (χ0n) is 12.5. The van der Waals surface area contributed by atoms with Gasteiger partial charge in [-0.3, -0.25) is 4.90 Å². The van der Waals surface area contributed by atoms with Gasteiger partial charge in [-0.15, -0.1) is 0 Å². The molecule has 0 atom stereocenters. The third kappa shape index (κ3) is 4.12. The maximum absolute atomic E-state index is 10.1. The van der Waals surface area contributed by atoms with Crippen molar-refractivity contribution in [2.24, 2.45) is 0 Å². The van der Waals surface area contributed by atoms with Crippen molar-refractivity contribution in [3.63, 3.8) is 0 Å². The van der Waals surface area contributed by atoms with E-state index in [1.165, 1.54) is 0 Å². The Hall–Kier alpha value is -1.26. The molecular formula is C16H25NO3. The average molecular weight is 279 g/mol. The van der Waals surface area contributed by atoms with E-state index in [0.717, 1.165) is 44.0 Å². The Morgan fingerprint density at radius 1 is 1.10 bits per heavy atom. The third-order valence-corrected chi connectivity index (χ3v) is 3.56. The van der Waals surface area contributed by atoms with E-state index in [1.54, 1.807) is 0 Å². The summed E-state index contributed by atoms with van der Waals surface area (Å²) in [5.74, 6) is 1.73. The van der Waals surface area contributed by atoms with Gasteiger partial charge in [-0.1, -0.05) is 13.3 Å². The van der Waals surface area contributed by atoms with E-state index in [0.29, 0.717) is 13.2 Å². The number of nitrogens with zero attached hydrogens (tertiary/aromatic N) is 1. The summed E-state index contributed by atoms with van der Waals surface area (Å²) < 4.78 is 11.1. The van der Waals surface area contributed by atoms with Crippen LogP contribution in [0, 0.1) is 0 Å². The zero-order chi connectivity index (χ0) is 14.4. The number of hydrogen-bond donors (Lipinski definition) is 1. The summed E-state index contributed by atoms with van der Waals surface area (Å²) >= 11 is 0. The molecule has 0 unspecified atom stereocenters. The van der Waals surface area contributed by atoms with Gasteiger partial charge in [-0.25, -0.2) is 0 Å². The second-order valence-electron chi connectivity index (χ2n) is 5.44. The number of rotatable bonds is 8. The van der Waals surface area contributed by atoms with Gasteiger partial charge in [0, 0.05) is 19.6 Å². The van der Waals surface area contributed by atoms with Crippen LogP contribution < -0.4 is 9.47 Å². The van der Waals surface area contributed by atoms with Gasteiger partial charge < -0.3 is 14.6 Å². The molecule has 1 heterocycles. The molecule has 4 nitrogen and oxygen atoms in total. The highest BCUT2D eigenvalue weighted by Crippen LogP contribution is 2.25. The maximum atomic E-state index is 10.1. The molecule has 0 aliphatic carbocycles. The molecule has 1 aromatic carbocycles. The van der Waals surface area contributed by atoms with Gasteiger partial charge in [0.05, 0.1) is 12.2 Å². The Morgan fingerprint density at radius 3 is 2.25 bits per heavy atom. The van der Waals surface area contributed by atoms with Crippen LogP contribution in [0.5, 0.6) is 11.5 Å². The Morgan fingerprint density at radius 2 is 1.70 bits per heavy atom. The van der Waals surface area contributed by atoms with Crippen molar-refractivity contribution in [1.82, 2.24) is 4.90 Å². The standard InChI is InChI=1S/C16H25NO3/c1-3-9-16(18)12-17(13-16)10-11-20-15-7-5-14(6-8-15)19-4-2/h5-8,18H,3-4,9-13H2,1-2H3. The van der Waals surface area contributed by atoms with Crippen LogP contribution in [0.25, 0.3) is 0 Å². The summed E-state index contributed by atoms with van der Waals surface area (Å²) in [7, 11) is 0. The molecule has 1 aliphatic heterocycles. The highest BCUT2D eigenvalue weighted by atomic mass is 16.5. The normalized spacial score (nSPS) is 17.6. The Balaban J connectivity index is 1.64. The molecule has 1 aliphatic rings. The summed E-state index contributed by atoms with van der Waals surface area (Å²) in [6.45, 7) is 7.80. The largest absolute Gasteiger partial charge is 0.494 e. The lowest BCUT2D eigenvalue weighted by molar-refractivity contribution is -0.105. The molecular weight excluding hydrogens is 254 g/mol. The highest BCUT2D eigenvalue weighted by Gasteiger charge is 2.39. The van der Waals surface area contributed by atoms with Crippen LogP contribution in [-0.4, -0.2) is 48.5 Å². The van der Waals surface area contributed by atoms with Crippen LogP contribution in [0.4, 0.5) is 0 Å². The highest BCUT2D eigenvalue weighted by molar-refractivity contribution is 5.31. The molecule has 1 fully saturated rings. The maximum Gasteiger partial charge on any atom is 0.119 e. The van der Waals surface area contributed by atoms with E-state index in [9.17, 15) is 5.11 Å². The first-order chi connectivity index (χ1) is 9.65. The molecule has 0 radical (unpaired) electrons. The fraction of sp³-hybridized carbons (Fsp3) is 0.625. The Kier molecular flexibility index (Phi) is 5.26. The number of benzene rings is 1. The summed E-state index contributed by atoms with van der Waals surface area (Å²) in [4.78, 5) is 2.23. The minimum Gasteiger partial charge on any atom is -0.494 e. The fourth-order valence-corrected chi connectivity index (χ4v) is 2.66. The number of likely N-dealkylation sites (tertiary alicyclic amines) is 1. The molecule has 1 saturated heterocycles. The second-order valence-corrected chi connectivity index (χ2v) is 5.44. The molecule has 20 heavy (non-hydrogen) atoms. The van der Waals surface area contributed by atoms with Crippen molar-refractivity contribution in [2.75, 3.05) is 32.8 Å². The predicted octanol–water partition coefficient (Wildman–Crippen LogP) is 2.31. The van der Waals surface area contributed by atoms with Gasteiger partial charge in [0.25, 0.3) is 0 Å². The van der Waals surface area contributed by atoms with Crippen molar-refractivity contribution in [2.45, 2.75) is 32.3 Å².